The Hall–Kier alpha value is -3.36. The fourth-order valence-corrected chi connectivity index (χ4v) is 3.71. The molecule has 0 saturated heterocycles. The van der Waals surface area contributed by atoms with Crippen LogP contribution in [0, 0.1) is 6.92 Å². The van der Waals surface area contributed by atoms with Gasteiger partial charge in [0.25, 0.3) is 0 Å². The van der Waals surface area contributed by atoms with Crippen molar-refractivity contribution in [3.8, 4) is 11.3 Å². The summed E-state index contributed by atoms with van der Waals surface area (Å²) in [6.07, 6.45) is 6.81. The van der Waals surface area contributed by atoms with Gasteiger partial charge in [0.2, 0.25) is 5.91 Å². The Morgan fingerprint density at radius 1 is 1.14 bits per heavy atom. The van der Waals surface area contributed by atoms with Crippen LogP contribution in [0.5, 0.6) is 0 Å². The van der Waals surface area contributed by atoms with Crippen molar-refractivity contribution in [3.63, 3.8) is 0 Å². The van der Waals surface area contributed by atoms with Gasteiger partial charge >= 0.3 is 0 Å². The maximum Gasteiger partial charge on any atom is 0.220 e. The monoisotopic (exact) mass is 376 g/mol. The molecule has 0 aromatic carbocycles. The molecule has 5 heterocycles. The minimum atomic E-state index is 0.000987. The van der Waals surface area contributed by atoms with Crippen LogP contribution in [0.3, 0.4) is 0 Å². The molecular weight excluding hydrogens is 356 g/mol. The zero-order valence-corrected chi connectivity index (χ0v) is 15.8. The molecule has 4 bridgehead atoms. The fraction of sp³-hybridized carbons (Fsp3) is 0.368. The van der Waals surface area contributed by atoms with Crippen molar-refractivity contribution in [1.29, 1.82) is 0 Å². The van der Waals surface area contributed by atoms with Gasteiger partial charge in [0, 0.05) is 43.5 Å². The number of rotatable bonds is 0. The summed E-state index contributed by atoms with van der Waals surface area (Å²) < 4.78 is 3.61. The molecule has 0 spiro atoms. The van der Waals surface area contributed by atoms with Crippen LogP contribution in [-0.2, 0) is 31.5 Å². The molecule has 3 aromatic rings. The van der Waals surface area contributed by atoms with Gasteiger partial charge in [-0.15, -0.1) is 0 Å². The molecule has 0 aliphatic carbocycles. The van der Waals surface area contributed by atoms with E-state index in [0.29, 0.717) is 32.5 Å². The first-order chi connectivity index (χ1) is 13.6. The second-order valence-electron chi connectivity index (χ2n) is 7.15. The zero-order chi connectivity index (χ0) is 19.3. The van der Waals surface area contributed by atoms with Gasteiger partial charge in [0.05, 0.1) is 47.8 Å². The third-order valence-electron chi connectivity index (χ3n) is 5.09. The van der Waals surface area contributed by atoms with E-state index in [1.54, 1.807) is 10.9 Å². The van der Waals surface area contributed by atoms with E-state index < -0.39 is 0 Å². The molecule has 0 atom stereocenters. The number of fused-ring (bicyclic) bond motifs is 6. The van der Waals surface area contributed by atoms with Crippen LogP contribution in [0.15, 0.2) is 23.6 Å². The fourth-order valence-electron chi connectivity index (χ4n) is 3.71. The Balaban J connectivity index is 1.66. The lowest BCUT2D eigenvalue weighted by molar-refractivity contribution is -0.121. The molecule has 2 aliphatic heterocycles. The number of hydrogen-bond donors (Lipinski definition) is 1. The summed E-state index contributed by atoms with van der Waals surface area (Å²) in [5.74, 6) is 0.000987. The average molecular weight is 376 g/mol. The van der Waals surface area contributed by atoms with Gasteiger partial charge in [-0.2, -0.15) is 10.2 Å². The molecule has 5 rings (SSSR count). The molecule has 28 heavy (non-hydrogen) atoms. The Morgan fingerprint density at radius 3 is 2.93 bits per heavy atom. The SMILES string of the molecule is Cc1nn2cc1C1=NCc3ncc(nc31)-c1cn(C)nc1CNC(=O)CCC2. The van der Waals surface area contributed by atoms with E-state index in [0.717, 1.165) is 45.3 Å². The van der Waals surface area contributed by atoms with Crippen LogP contribution in [0.2, 0.25) is 0 Å². The highest BCUT2D eigenvalue weighted by Crippen LogP contribution is 2.26. The maximum absolute atomic E-state index is 12.2. The van der Waals surface area contributed by atoms with Crippen molar-refractivity contribution in [3.05, 3.63) is 46.9 Å². The second kappa shape index (κ2) is 6.36. The van der Waals surface area contributed by atoms with Crippen molar-refractivity contribution < 1.29 is 4.79 Å². The van der Waals surface area contributed by atoms with Gasteiger partial charge < -0.3 is 5.32 Å². The first-order valence-corrected chi connectivity index (χ1v) is 9.33. The largest absolute Gasteiger partial charge is 0.350 e. The molecule has 0 saturated carbocycles. The summed E-state index contributed by atoms with van der Waals surface area (Å²) in [5, 5.41) is 12.0. The van der Waals surface area contributed by atoms with Crippen LogP contribution in [0.1, 0.15) is 41.2 Å². The van der Waals surface area contributed by atoms with Gasteiger partial charge in [0.15, 0.2) is 0 Å². The maximum atomic E-state index is 12.2. The number of nitrogens with zero attached hydrogens (tertiary/aromatic N) is 7. The molecular formula is C19H20N8O. The lowest BCUT2D eigenvalue weighted by atomic mass is 10.1. The minimum absolute atomic E-state index is 0.000987. The van der Waals surface area contributed by atoms with Crippen molar-refractivity contribution in [2.75, 3.05) is 0 Å². The summed E-state index contributed by atoms with van der Waals surface area (Å²) in [6, 6.07) is 0. The Kier molecular flexibility index (Phi) is 3.81. The zero-order valence-electron chi connectivity index (χ0n) is 15.8. The Labute approximate surface area is 161 Å². The normalized spacial score (nSPS) is 16.1. The number of aromatic nitrogens is 6. The topological polar surface area (TPSA) is 103 Å². The quantitative estimate of drug-likeness (QED) is 0.634. The molecule has 1 N–H and O–H groups in total. The lowest BCUT2D eigenvalue weighted by Crippen LogP contribution is -2.23. The van der Waals surface area contributed by atoms with Gasteiger partial charge in [-0.25, -0.2) is 4.98 Å². The van der Waals surface area contributed by atoms with Gasteiger partial charge in [-0.3, -0.25) is 24.1 Å². The molecule has 142 valence electrons. The highest BCUT2D eigenvalue weighted by Gasteiger charge is 2.25. The molecule has 0 fully saturated rings. The number of amides is 1. The minimum Gasteiger partial charge on any atom is -0.350 e. The highest BCUT2D eigenvalue weighted by atomic mass is 16.1. The molecule has 0 unspecified atom stereocenters. The molecule has 9 nitrogen and oxygen atoms in total. The van der Waals surface area contributed by atoms with E-state index in [2.05, 4.69) is 25.5 Å². The van der Waals surface area contributed by atoms with Crippen LogP contribution in [0.4, 0.5) is 0 Å². The third kappa shape index (κ3) is 2.79. The first-order valence-electron chi connectivity index (χ1n) is 9.33. The predicted molar refractivity (Wildman–Crippen MR) is 102 cm³/mol. The molecule has 9 heteroatoms. The van der Waals surface area contributed by atoms with Gasteiger partial charge in [-0.05, 0) is 13.3 Å². The van der Waals surface area contributed by atoms with E-state index in [1.165, 1.54) is 0 Å². The van der Waals surface area contributed by atoms with Gasteiger partial charge in [-0.1, -0.05) is 0 Å². The number of aliphatic imine (C=N–C) groups is 1. The van der Waals surface area contributed by atoms with Gasteiger partial charge in [0.1, 0.15) is 5.69 Å². The predicted octanol–water partition coefficient (Wildman–Crippen LogP) is 1.14. The smallest absolute Gasteiger partial charge is 0.220 e. The van der Waals surface area contributed by atoms with E-state index in [1.807, 2.05) is 31.0 Å². The van der Waals surface area contributed by atoms with E-state index in [9.17, 15) is 4.79 Å². The summed E-state index contributed by atoms with van der Waals surface area (Å²) in [6.45, 7) is 3.53. The van der Waals surface area contributed by atoms with Crippen LogP contribution in [0.25, 0.3) is 11.3 Å². The Morgan fingerprint density at radius 2 is 2.04 bits per heavy atom. The number of aryl methyl sites for hydroxylation is 3. The summed E-state index contributed by atoms with van der Waals surface area (Å²) in [4.78, 5) is 26.4. The van der Waals surface area contributed by atoms with E-state index >= 15 is 0 Å². The standard InChI is InChI=1S/C19H20N8O/c1-11-12-10-27(24-11)5-3-4-17(28)21-7-15-13(9-26(2)25-15)14-6-20-16-8-22-18(12)19(16)23-14/h6,9-10H,3-5,7-8H2,1-2H3,(H,21,28). The summed E-state index contributed by atoms with van der Waals surface area (Å²) in [5.41, 5.74) is 6.75. The van der Waals surface area contributed by atoms with E-state index in [4.69, 9.17) is 4.98 Å². The Bertz CT molecular complexity index is 1120. The molecule has 1 amide bonds. The average Bonchev–Trinajstić information content (AvgIpc) is 3.35. The molecule has 2 aliphatic rings. The first kappa shape index (κ1) is 16.8. The van der Waals surface area contributed by atoms with Crippen LogP contribution in [-0.4, -0.2) is 41.1 Å². The van der Waals surface area contributed by atoms with Crippen molar-refractivity contribution in [2.24, 2.45) is 12.0 Å². The van der Waals surface area contributed by atoms with Crippen LogP contribution < -0.4 is 5.32 Å². The van der Waals surface area contributed by atoms with Crippen molar-refractivity contribution >= 4 is 11.6 Å². The highest BCUT2D eigenvalue weighted by molar-refractivity contribution is 6.14. The molecule has 0 radical (unpaired) electrons. The summed E-state index contributed by atoms with van der Waals surface area (Å²) >= 11 is 0. The lowest BCUT2D eigenvalue weighted by Gasteiger charge is -2.07. The van der Waals surface area contributed by atoms with Crippen LogP contribution >= 0.6 is 0 Å². The van der Waals surface area contributed by atoms with Crippen molar-refractivity contribution in [2.45, 2.75) is 39.4 Å². The number of carbonyl (C=O) groups is 1. The molecule has 3 aromatic heterocycles. The third-order valence-corrected chi connectivity index (χ3v) is 5.09. The van der Waals surface area contributed by atoms with E-state index in [-0.39, 0.29) is 5.91 Å². The number of nitrogens with one attached hydrogen (secondary N) is 1. The number of carbonyl (C=O) groups excluding carboxylic acids is 1. The number of hydrogen-bond acceptors (Lipinski definition) is 6. The summed E-state index contributed by atoms with van der Waals surface area (Å²) in [7, 11) is 1.86. The second-order valence-corrected chi connectivity index (χ2v) is 7.15. The van der Waals surface area contributed by atoms with Crippen molar-refractivity contribution in [1.82, 2.24) is 34.8 Å².